The molecule has 2 heterocycles. The topological polar surface area (TPSA) is 142 Å². The zero-order valence-electron chi connectivity index (χ0n) is 24.5. The molecule has 3 aromatic rings. The second-order valence-electron chi connectivity index (χ2n) is 10.9. The molecule has 0 spiro atoms. The molecule has 1 aromatic heterocycles. The molecule has 3 atom stereocenters. The number of hydrogen-bond acceptors (Lipinski definition) is 8. The maximum Gasteiger partial charge on any atom is 0.248 e. The van der Waals surface area contributed by atoms with E-state index in [9.17, 15) is 23.1 Å². The number of fused-ring (bicyclic) bond motifs is 1. The lowest BCUT2D eigenvalue weighted by Gasteiger charge is -2.33. The number of aryl methyl sites for hydroxylation is 2. The van der Waals surface area contributed by atoms with Crippen molar-refractivity contribution in [2.75, 3.05) is 32.1 Å². The fraction of sp³-hybridized carbons (Fsp3) is 0.433. The molecule has 0 saturated carbocycles. The van der Waals surface area contributed by atoms with E-state index in [1.807, 2.05) is 37.3 Å². The number of aromatic nitrogens is 1. The number of hydrogen-bond donors (Lipinski definition) is 2. The minimum Gasteiger partial charge on any atom is -0.488 e. The number of benzene rings is 2. The van der Waals surface area contributed by atoms with E-state index < -0.39 is 22.2 Å². The van der Waals surface area contributed by atoms with Crippen LogP contribution in [0.5, 0.6) is 5.75 Å². The minimum absolute atomic E-state index is 0.0158. The third kappa shape index (κ3) is 7.00. The van der Waals surface area contributed by atoms with E-state index in [0.29, 0.717) is 17.0 Å². The second-order valence-corrected chi connectivity index (χ2v) is 12.8. The number of carbonyl (C=O) groups excluding carboxylic acids is 2. The van der Waals surface area contributed by atoms with Crippen LogP contribution in [0.25, 0.3) is 0 Å². The Hall–Kier alpha value is -3.74. The number of nitrogens with zero attached hydrogens (tertiary/aromatic N) is 3. The molecule has 226 valence electrons. The first kappa shape index (κ1) is 31.2. The van der Waals surface area contributed by atoms with Crippen LogP contribution in [0, 0.1) is 19.8 Å². The summed E-state index contributed by atoms with van der Waals surface area (Å²) in [5, 5.41) is 16.6. The number of carbonyl (C=O) groups is 2. The van der Waals surface area contributed by atoms with Crippen molar-refractivity contribution in [3.05, 3.63) is 71.1 Å². The molecule has 0 fully saturated rings. The molecule has 11 nitrogen and oxygen atoms in total. The highest BCUT2D eigenvalue weighted by atomic mass is 32.2. The van der Waals surface area contributed by atoms with Crippen molar-refractivity contribution in [1.82, 2.24) is 14.4 Å². The van der Waals surface area contributed by atoms with Crippen molar-refractivity contribution in [2.45, 2.75) is 57.6 Å². The SMILES string of the molecule is Cc1noc(C)c1S(=O)(=O)N(C)C[C@H]1Oc2ccc(NC(=O)Cc3ccccc3)cc2CC(=O)N([C@H](C)CO)C[C@H]1C. The molecule has 4 rings (SSSR count). The summed E-state index contributed by atoms with van der Waals surface area (Å²) < 4.78 is 39.7. The van der Waals surface area contributed by atoms with Crippen molar-refractivity contribution >= 4 is 27.5 Å². The summed E-state index contributed by atoms with van der Waals surface area (Å²) >= 11 is 0. The molecule has 12 heteroatoms. The molecule has 2 amide bonds. The summed E-state index contributed by atoms with van der Waals surface area (Å²) in [5.74, 6) is -0.101. The zero-order valence-corrected chi connectivity index (χ0v) is 25.3. The Morgan fingerprint density at radius 1 is 1.21 bits per heavy atom. The summed E-state index contributed by atoms with van der Waals surface area (Å²) in [6.07, 6.45) is -0.475. The molecule has 0 aliphatic carbocycles. The van der Waals surface area contributed by atoms with Gasteiger partial charge in [-0.25, -0.2) is 8.42 Å². The Bertz CT molecular complexity index is 1500. The van der Waals surface area contributed by atoms with Gasteiger partial charge >= 0.3 is 0 Å². The smallest absolute Gasteiger partial charge is 0.248 e. The molecule has 2 aromatic carbocycles. The Labute approximate surface area is 246 Å². The number of aliphatic hydroxyl groups excluding tert-OH is 1. The molecule has 0 radical (unpaired) electrons. The molecule has 0 bridgehead atoms. The zero-order chi connectivity index (χ0) is 30.6. The van der Waals surface area contributed by atoms with Crippen LogP contribution >= 0.6 is 0 Å². The third-order valence-corrected chi connectivity index (χ3v) is 9.55. The highest BCUT2D eigenvalue weighted by Crippen LogP contribution is 2.30. The van der Waals surface area contributed by atoms with Gasteiger partial charge in [-0.1, -0.05) is 42.4 Å². The van der Waals surface area contributed by atoms with Crippen LogP contribution in [0.2, 0.25) is 0 Å². The second kappa shape index (κ2) is 13.1. The number of sulfonamides is 1. The lowest BCUT2D eigenvalue weighted by Crippen LogP contribution is -2.48. The Kier molecular flexibility index (Phi) is 9.70. The predicted molar refractivity (Wildman–Crippen MR) is 157 cm³/mol. The van der Waals surface area contributed by atoms with Gasteiger partial charge in [0.2, 0.25) is 21.8 Å². The first-order valence-electron chi connectivity index (χ1n) is 13.8. The summed E-state index contributed by atoms with van der Waals surface area (Å²) in [6.45, 7) is 6.76. The van der Waals surface area contributed by atoms with E-state index in [4.69, 9.17) is 9.26 Å². The van der Waals surface area contributed by atoms with E-state index in [1.54, 1.807) is 43.9 Å². The van der Waals surface area contributed by atoms with Crippen LogP contribution < -0.4 is 10.1 Å². The van der Waals surface area contributed by atoms with Gasteiger partial charge in [0.05, 0.1) is 32.0 Å². The number of nitrogens with one attached hydrogen (secondary N) is 1. The fourth-order valence-electron chi connectivity index (χ4n) is 5.06. The van der Waals surface area contributed by atoms with Crippen LogP contribution in [-0.2, 0) is 32.5 Å². The average Bonchev–Trinajstić information content (AvgIpc) is 3.31. The van der Waals surface area contributed by atoms with Gasteiger partial charge < -0.3 is 24.6 Å². The highest BCUT2D eigenvalue weighted by Gasteiger charge is 2.35. The number of likely N-dealkylation sites (N-methyl/N-ethyl adjacent to an activating group) is 1. The standard InChI is InChI=1S/C30H38N4O7S/c1-19-16-34(20(2)18-35)29(37)15-24-14-25(31-28(36)13-23-9-7-6-8-10-23)11-12-26(24)40-27(19)17-33(5)42(38,39)30-21(3)32-41-22(30)4/h6-12,14,19-20,27,35H,13,15-18H2,1-5H3,(H,31,36)/t19-,20-,27-/m1/s1. The van der Waals surface area contributed by atoms with Crippen molar-refractivity contribution in [3.8, 4) is 5.75 Å². The third-order valence-electron chi connectivity index (χ3n) is 7.48. The minimum atomic E-state index is -3.95. The average molecular weight is 599 g/mol. The van der Waals surface area contributed by atoms with Gasteiger partial charge in [-0.05, 0) is 44.5 Å². The van der Waals surface area contributed by atoms with Gasteiger partial charge in [0.15, 0.2) is 5.76 Å². The van der Waals surface area contributed by atoms with Crippen molar-refractivity contribution < 1.29 is 32.4 Å². The van der Waals surface area contributed by atoms with Crippen LogP contribution in [0.15, 0.2) is 57.9 Å². The Balaban J connectivity index is 1.63. The van der Waals surface area contributed by atoms with Crippen molar-refractivity contribution in [3.63, 3.8) is 0 Å². The van der Waals surface area contributed by atoms with E-state index in [-0.39, 0.29) is 66.6 Å². The Morgan fingerprint density at radius 2 is 1.93 bits per heavy atom. The van der Waals surface area contributed by atoms with Crippen LogP contribution in [0.4, 0.5) is 5.69 Å². The first-order chi connectivity index (χ1) is 19.9. The number of aliphatic hydroxyl groups is 1. The Morgan fingerprint density at radius 3 is 2.57 bits per heavy atom. The number of ether oxygens (including phenoxy) is 1. The summed E-state index contributed by atoms with van der Waals surface area (Å²) in [4.78, 5) is 27.8. The fourth-order valence-corrected chi connectivity index (χ4v) is 6.53. The van der Waals surface area contributed by atoms with Gasteiger partial charge in [-0.3, -0.25) is 9.59 Å². The molecular weight excluding hydrogens is 560 g/mol. The molecular formula is C30H38N4O7S. The number of amides is 2. The van der Waals surface area contributed by atoms with E-state index in [0.717, 1.165) is 5.56 Å². The maximum absolute atomic E-state index is 13.5. The summed E-state index contributed by atoms with van der Waals surface area (Å²) in [6, 6.07) is 14.0. The molecule has 2 N–H and O–H groups in total. The van der Waals surface area contributed by atoms with E-state index >= 15 is 0 Å². The largest absolute Gasteiger partial charge is 0.488 e. The normalized spacial score (nSPS) is 18.5. The van der Waals surface area contributed by atoms with E-state index in [1.165, 1.54) is 11.4 Å². The van der Waals surface area contributed by atoms with Gasteiger partial charge in [0.1, 0.15) is 22.4 Å². The maximum atomic E-state index is 13.5. The van der Waals surface area contributed by atoms with Gasteiger partial charge in [-0.2, -0.15) is 4.31 Å². The van der Waals surface area contributed by atoms with Gasteiger partial charge in [0.25, 0.3) is 0 Å². The lowest BCUT2D eigenvalue weighted by atomic mass is 10.0. The van der Waals surface area contributed by atoms with Crippen LogP contribution in [0.1, 0.15) is 36.4 Å². The summed E-state index contributed by atoms with van der Waals surface area (Å²) in [7, 11) is -2.48. The van der Waals surface area contributed by atoms with Crippen molar-refractivity contribution in [1.29, 1.82) is 0 Å². The highest BCUT2D eigenvalue weighted by molar-refractivity contribution is 7.89. The van der Waals surface area contributed by atoms with Crippen molar-refractivity contribution in [2.24, 2.45) is 5.92 Å². The van der Waals surface area contributed by atoms with Crippen LogP contribution in [-0.4, -0.2) is 78.6 Å². The molecule has 0 unspecified atom stereocenters. The van der Waals surface area contributed by atoms with Gasteiger partial charge in [0, 0.05) is 30.8 Å². The van der Waals surface area contributed by atoms with E-state index in [2.05, 4.69) is 10.5 Å². The molecule has 0 saturated heterocycles. The molecule has 1 aliphatic heterocycles. The number of anilines is 1. The van der Waals surface area contributed by atoms with Gasteiger partial charge in [-0.15, -0.1) is 0 Å². The quantitative estimate of drug-likeness (QED) is 0.383. The van der Waals surface area contributed by atoms with Crippen LogP contribution in [0.3, 0.4) is 0 Å². The molecule has 42 heavy (non-hydrogen) atoms. The first-order valence-corrected chi connectivity index (χ1v) is 15.3. The summed E-state index contributed by atoms with van der Waals surface area (Å²) in [5.41, 5.74) is 2.19. The lowest BCUT2D eigenvalue weighted by molar-refractivity contribution is -0.134. The monoisotopic (exact) mass is 598 g/mol. The number of rotatable bonds is 9. The predicted octanol–water partition coefficient (Wildman–Crippen LogP) is 2.94. The molecule has 1 aliphatic rings.